The summed E-state index contributed by atoms with van der Waals surface area (Å²) in [4.78, 5) is 11.5. The van der Waals surface area contributed by atoms with Gasteiger partial charge < -0.3 is 9.84 Å². The number of rotatable bonds is 6. The molecular weight excluding hydrogens is 352 g/mol. The van der Waals surface area contributed by atoms with E-state index in [1.807, 2.05) is 30.3 Å². The van der Waals surface area contributed by atoms with Crippen LogP contribution in [0, 0.1) is 0 Å². The number of thiophene rings is 1. The number of aliphatic hydroxyl groups excluding tert-OH is 1. The van der Waals surface area contributed by atoms with Crippen LogP contribution < -0.4 is 4.74 Å². The van der Waals surface area contributed by atoms with Crippen LogP contribution in [0.25, 0.3) is 10.2 Å². The molecule has 3 aromatic rings. The Kier molecular flexibility index (Phi) is 5.20. The lowest BCUT2D eigenvalue weighted by Crippen LogP contribution is -2.20. The van der Waals surface area contributed by atoms with Gasteiger partial charge in [-0.15, -0.1) is 23.1 Å². The lowest BCUT2D eigenvalue weighted by Gasteiger charge is -2.13. The Balaban J connectivity index is 1.43. The largest absolute Gasteiger partial charge is 0.491 e. The number of fused-ring (bicyclic) bond motifs is 3. The summed E-state index contributed by atoms with van der Waals surface area (Å²) in [6.07, 6.45) is 5.89. The maximum Gasteiger partial charge on any atom is 0.128 e. The standard InChI is InChI=1S/C19H20N2O2S2/c22-13(10-23-14-6-2-1-3-7-14)11-24-18-17-15-8-4-5-9-16(15)25-19(17)21-12-20-18/h1-3,6-7,12-13,22H,4-5,8-11H2/t13-/m1/s1. The van der Waals surface area contributed by atoms with Crippen molar-refractivity contribution in [1.29, 1.82) is 0 Å². The predicted octanol–water partition coefficient (Wildman–Crippen LogP) is 4.10. The Hall–Kier alpha value is -1.63. The first-order chi connectivity index (χ1) is 12.3. The SMILES string of the molecule is O[C@H](COc1ccccc1)CSc1ncnc2sc3c(c12)CCCC3. The zero-order valence-electron chi connectivity index (χ0n) is 13.9. The number of hydrogen-bond acceptors (Lipinski definition) is 6. The van der Waals surface area contributed by atoms with Gasteiger partial charge in [0.15, 0.2) is 0 Å². The van der Waals surface area contributed by atoms with Crippen LogP contribution in [0.5, 0.6) is 5.75 Å². The number of aryl methyl sites for hydroxylation is 2. The third-order valence-electron chi connectivity index (χ3n) is 4.31. The van der Waals surface area contributed by atoms with Crippen molar-refractivity contribution in [2.24, 2.45) is 0 Å². The highest BCUT2D eigenvalue weighted by Crippen LogP contribution is 2.39. The monoisotopic (exact) mass is 372 g/mol. The van der Waals surface area contributed by atoms with Crippen molar-refractivity contribution >= 4 is 33.3 Å². The van der Waals surface area contributed by atoms with Crippen molar-refractivity contribution in [2.45, 2.75) is 36.8 Å². The van der Waals surface area contributed by atoms with E-state index in [0.29, 0.717) is 5.75 Å². The fraction of sp³-hybridized carbons (Fsp3) is 0.368. The molecule has 0 aliphatic heterocycles. The fourth-order valence-electron chi connectivity index (χ4n) is 3.10. The van der Waals surface area contributed by atoms with Crippen molar-refractivity contribution in [3.8, 4) is 5.75 Å². The number of benzene rings is 1. The maximum atomic E-state index is 10.2. The highest BCUT2D eigenvalue weighted by molar-refractivity contribution is 7.99. The number of para-hydroxylation sites is 1. The first-order valence-corrected chi connectivity index (χ1v) is 10.4. The van der Waals surface area contributed by atoms with E-state index < -0.39 is 6.10 Å². The highest BCUT2D eigenvalue weighted by atomic mass is 32.2. The van der Waals surface area contributed by atoms with E-state index in [-0.39, 0.29) is 6.61 Å². The van der Waals surface area contributed by atoms with Gasteiger partial charge in [-0.3, -0.25) is 0 Å². The number of hydrogen-bond donors (Lipinski definition) is 1. The summed E-state index contributed by atoms with van der Waals surface area (Å²) in [6, 6.07) is 9.58. The number of thioether (sulfide) groups is 1. The van der Waals surface area contributed by atoms with Crippen LogP contribution in [0.1, 0.15) is 23.3 Å². The summed E-state index contributed by atoms with van der Waals surface area (Å²) >= 11 is 3.40. The molecule has 1 atom stereocenters. The van der Waals surface area contributed by atoms with Crippen LogP contribution in [0.2, 0.25) is 0 Å². The van der Waals surface area contributed by atoms with E-state index >= 15 is 0 Å². The molecule has 0 saturated heterocycles. The summed E-state index contributed by atoms with van der Waals surface area (Å²) in [6.45, 7) is 0.285. The predicted molar refractivity (Wildman–Crippen MR) is 103 cm³/mol. The van der Waals surface area contributed by atoms with Crippen LogP contribution in [0.4, 0.5) is 0 Å². The van der Waals surface area contributed by atoms with Crippen LogP contribution in [0.15, 0.2) is 41.7 Å². The Morgan fingerprint density at radius 2 is 2.00 bits per heavy atom. The molecule has 130 valence electrons. The lowest BCUT2D eigenvalue weighted by atomic mass is 9.97. The minimum Gasteiger partial charge on any atom is -0.491 e. The van der Waals surface area contributed by atoms with Crippen LogP contribution in [-0.4, -0.2) is 33.5 Å². The molecule has 0 fully saturated rings. The molecular formula is C19H20N2O2S2. The van der Waals surface area contributed by atoms with Gasteiger partial charge >= 0.3 is 0 Å². The molecule has 25 heavy (non-hydrogen) atoms. The second-order valence-corrected chi connectivity index (χ2v) is 8.25. The highest BCUT2D eigenvalue weighted by Gasteiger charge is 2.20. The van der Waals surface area contributed by atoms with Gasteiger partial charge in [-0.25, -0.2) is 9.97 Å². The molecule has 0 saturated carbocycles. The molecule has 0 radical (unpaired) electrons. The molecule has 2 heterocycles. The smallest absolute Gasteiger partial charge is 0.128 e. The molecule has 2 aromatic heterocycles. The van der Waals surface area contributed by atoms with E-state index in [0.717, 1.165) is 28.4 Å². The first-order valence-electron chi connectivity index (χ1n) is 8.55. The van der Waals surface area contributed by atoms with Crippen molar-refractivity contribution in [3.05, 3.63) is 47.1 Å². The van der Waals surface area contributed by atoms with E-state index in [4.69, 9.17) is 4.74 Å². The van der Waals surface area contributed by atoms with E-state index in [1.165, 1.54) is 28.7 Å². The van der Waals surface area contributed by atoms with E-state index in [2.05, 4.69) is 9.97 Å². The first kappa shape index (κ1) is 16.8. The zero-order valence-corrected chi connectivity index (χ0v) is 15.5. The Morgan fingerprint density at radius 3 is 2.88 bits per heavy atom. The van der Waals surface area contributed by atoms with Crippen LogP contribution in [0.3, 0.4) is 0 Å². The van der Waals surface area contributed by atoms with Crippen LogP contribution >= 0.6 is 23.1 Å². The summed E-state index contributed by atoms with van der Waals surface area (Å²) in [5, 5.41) is 12.4. The topological polar surface area (TPSA) is 55.2 Å². The Labute approximate surface area is 155 Å². The van der Waals surface area contributed by atoms with Crippen molar-refractivity contribution in [2.75, 3.05) is 12.4 Å². The average Bonchev–Trinajstić information content (AvgIpc) is 3.04. The van der Waals surface area contributed by atoms with Gasteiger partial charge in [-0.05, 0) is 43.4 Å². The number of aliphatic hydroxyl groups is 1. The minimum absolute atomic E-state index is 0.285. The molecule has 0 unspecified atom stereocenters. The van der Waals surface area contributed by atoms with Crippen molar-refractivity contribution < 1.29 is 9.84 Å². The molecule has 1 aliphatic carbocycles. The number of ether oxygens (including phenoxy) is 1. The maximum absolute atomic E-state index is 10.2. The molecule has 1 aliphatic rings. The lowest BCUT2D eigenvalue weighted by molar-refractivity contribution is 0.126. The normalized spacial score (nSPS) is 15.1. The summed E-state index contributed by atoms with van der Waals surface area (Å²) in [7, 11) is 0. The minimum atomic E-state index is -0.537. The third kappa shape index (κ3) is 3.81. The van der Waals surface area contributed by atoms with Gasteiger partial charge in [-0.2, -0.15) is 0 Å². The zero-order chi connectivity index (χ0) is 17.1. The Bertz CT molecular complexity index is 851. The summed E-state index contributed by atoms with van der Waals surface area (Å²) in [5.41, 5.74) is 1.43. The van der Waals surface area contributed by atoms with Crippen molar-refractivity contribution in [3.63, 3.8) is 0 Å². The van der Waals surface area contributed by atoms with Gasteiger partial charge in [0.1, 0.15) is 28.5 Å². The second-order valence-electron chi connectivity index (χ2n) is 6.16. The van der Waals surface area contributed by atoms with Crippen LogP contribution in [-0.2, 0) is 12.8 Å². The van der Waals surface area contributed by atoms with Gasteiger partial charge in [0, 0.05) is 16.0 Å². The molecule has 4 rings (SSSR count). The summed E-state index contributed by atoms with van der Waals surface area (Å²) < 4.78 is 5.63. The number of nitrogens with zero attached hydrogens (tertiary/aromatic N) is 2. The average molecular weight is 373 g/mol. The fourth-order valence-corrected chi connectivity index (χ4v) is 5.33. The van der Waals surface area contributed by atoms with E-state index in [9.17, 15) is 5.11 Å². The second kappa shape index (κ2) is 7.72. The number of aromatic nitrogens is 2. The van der Waals surface area contributed by atoms with E-state index in [1.54, 1.807) is 29.4 Å². The molecule has 1 aromatic carbocycles. The van der Waals surface area contributed by atoms with Gasteiger partial charge in [-0.1, -0.05) is 18.2 Å². The van der Waals surface area contributed by atoms with Gasteiger partial charge in [0.2, 0.25) is 0 Å². The Morgan fingerprint density at radius 1 is 1.16 bits per heavy atom. The molecule has 0 amide bonds. The molecule has 6 heteroatoms. The third-order valence-corrected chi connectivity index (χ3v) is 6.65. The van der Waals surface area contributed by atoms with Gasteiger partial charge in [0.25, 0.3) is 0 Å². The molecule has 0 bridgehead atoms. The molecule has 4 nitrogen and oxygen atoms in total. The molecule has 0 spiro atoms. The van der Waals surface area contributed by atoms with Gasteiger partial charge in [0.05, 0.1) is 6.10 Å². The molecule has 1 N–H and O–H groups in total. The quantitative estimate of drug-likeness (QED) is 0.521. The summed E-state index contributed by atoms with van der Waals surface area (Å²) in [5.74, 6) is 1.34. The van der Waals surface area contributed by atoms with Crippen molar-refractivity contribution in [1.82, 2.24) is 9.97 Å².